The molecule has 2 amide bonds. The summed E-state index contributed by atoms with van der Waals surface area (Å²) < 4.78 is 0. The van der Waals surface area contributed by atoms with Crippen molar-refractivity contribution in [2.75, 3.05) is 16.8 Å². The summed E-state index contributed by atoms with van der Waals surface area (Å²) in [7, 11) is 0. The van der Waals surface area contributed by atoms with Crippen LogP contribution in [0, 0.1) is 6.92 Å². The van der Waals surface area contributed by atoms with Gasteiger partial charge < -0.3 is 5.32 Å². The lowest BCUT2D eigenvalue weighted by Gasteiger charge is -2.10. The number of aromatic nitrogens is 1. The van der Waals surface area contributed by atoms with Crippen LogP contribution in [0.15, 0.2) is 23.6 Å². The number of hydrogen-bond donors (Lipinski definition) is 1. The standard InChI is InChI=1S/C16H16ClN3O2S/c1-10-4-5-13(12(17)7-10)19-14(21)8-11-9-23-16(18-11)20-6-2-3-15(20)22/h4-5,7,9H,2-3,6,8H2,1H3,(H,19,21). The summed E-state index contributed by atoms with van der Waals surface area (Å²) in [5, 5.41) is 5.79. The molecule has 0 unspecified atom stereocenters. The van der Waals surface area contributed by atoms with Gasteiger partial charge in [0, 0.05) is 18.3 Å². The van der Waals surface area contributed by atoms with Gasteiger partial charge in [0.15, 0.2) is 5.13 Å². The van der Waals surface area contributed by atoms with Gasteiger partial charge in [-0.05, 0) is 31.0 Å². The first kappa shape index (κ1) is 16.0. The maximum absolute atomic E-state index is 12.1. The lowest BCUT2D eigenvalue weighted by atomic mass is 10.2. The van der Waals surface area contributed by atoms with Crippen molar-refractivity contribution >= 4 is 45.6 Å². The molecule has 0 bridgehead atoms. The highest BCUT2D eigenvalue weighted by Gasteiger charge is 2.24. The van der Waals surface area contributed by atoms with Crippen LogP contribution in [0.2, 0.25) is 5.02 Å². The Morgan fingerprint density at radius 2 is 2.30 bits per heavy atom. The molecule has 0 radical (unpaired) electrons. The number of aryl methyl sites for hydroxylation is 1. The van der Waals surface area contributed by atoms with E-state index in [0.717, 1.165) is 12.0 Å². The molecule has 0 spiro atoms. The van der Waals surface area contributed by atoms with Crippen molar-refractivity contribution in [2.45, 2.75) is 26.2 Å². The minimum absolute atomic E-state index is 0.0989. The summed E-state index contributed by atoms with van der Waals surface area (Å²) in [6.07, 6.45) is 1.59. The van der Waals surface area contributed by atoms with Crippen LogP contribution in [0.3, 0.4) is 0 Å². The van der Waals surface area contributed by atoms with Crippen molar-refractivity contribution in [3.8, 4) is 0 Å². The first-order valence-electron chi connectivity index (χ1n) is 7.34. The third-order valence-corrected chi connectivity index (χ3v) is 4.81. The Kier molecular flexibility index (Phi) is 4.63. The first-order chi connectivity index (χ1) is 11.0. The highest BCUT2D eigenvalue weighted by molar-refractivity contribution is 7.14. The third-order valence-electron chi connectivity index (χ3n) is 3.58. The molecule has 5 nitrogen and oxygen atoms in total. The van der Waals surface area contributed by atoms with Crippen LogP contribution in [0.1, 0.15) is 24.1 Å². The molecule has 7 heteroatoms. The zero-order chi connectivity index (χ0) is 16.4. The van der Waals surface area contributed by atoms with Crippen LogP contribution in [0.5, 0.6) is 0 Å². The molecule has 1 aliphatic rings. The van der Waals surface area contributed by atoms with E-state index in [-0.39, 0.29) is 18.2 Å². The fraction of sp³-hybridized carbons (Fsp3) is 0.312. The summed E-state index contributed by atoms with van der Waals surface area (Å²) in [5.41, 5.74) is 2.28. The molecular weight excluding hydrogens is 334 g/mol. The molecule has 1 fully saturated rings. The van der Waals surface area contributed by atoms with Gasteiger partial charge in [-0.2, -0.15) is 0 Å². The van der Waals surface area contributed by atoms with Crippen LogP contribution in [0.25, 0.3) is 0 Å². The van der Waals surface area contributed by atoms with Gasteiger partial charge in [0.05, 0.1) is 22.8 Å². The number of anilines is 2. The van der Waals surface area contributed by atoms with Crippen molar-refractivity contribution in [2.24, 2.45) is 0 Å². The zero-order valence-corrected chi connectivity index (χ0v) is 14.2. The van der Waals surface area contributed by atoms with Crippen molar-refractivity contribution in [3.05, 3.63) is 39.9 Å². The molecule has 1 saturated heterocycles. The number of rotatable bonds is 4. The Hall–Kier alpha value is -1.92. The molecule has 1 aromatic carbocycles. The monoisotopic (exact) mass is 349 g/mol. The second kappa shape index (κ2) is 6.68. The van der Waals surface area contributed by atoms with E-state index in [1.807, 2.05) is 18.4 Å². The van der Waals surface area contributed by atoms with Crippen LogP contribution >= 0.6 is 22.9 Å². The number of nitrogens with zero attached hydrogens (tertiary/aromatic N) is 2. The quantitative estimate of drug-likeness (QED) is 0.920. The average molecular weight is 350 g/mol. The Morgan fingerprint density at radius 3 is 3.00 bits per heavy atom. The van der Waals surface area contributed by atoms with E-state index < -0.39 is 0 Å². The smallest absolute Gasteiger partial charge is 0.230 e. The lowest BCUT2D eigenvalue weighted by Crippen LogP contribution is -2.23. The Labute approximate surface area is 143 Å². The highest BCUT2D eigenvalue weighted by Crippen LogP contribution is 2.26. The molecule has 23 heavy (non-hydrogen) atoms. The highest BCUT2D eigenvalue weighted by atomic mass is 35.5. The van der Waals surface area contributed by atoms with Gasteiger partial charge in [0.1, 0.15) is 0 Å². The van der Waals surface area contributed by atoms with Gasteiger partial charge >= 0.3 is 0 Å². The number of thiazole rings is 1. The van der Waals surface area contributed by atoms with E-state index in [4.69, 9.17) is 11.6 Å². The van der Waals surface area contributed by atoms with Crippen molar-refractivity contribution in [3.63, 3.8) is 0 Å². The predicted molar refractivity (Wildman–Crippen MR) is 92.2 cm³/mol. The number of carbonyl (C=O) groups is 2. The molecule has 1 aromatic heterocycles. The van der Waals surface area contributed by atoms with Gasteiger partial charge in [0.2, 0.25) is 11.8 Å². The maximum Gasteiger partial charge on any atom is 0.230 e. The number of hydrogen-bond acceptors (Lipinski definition) is 4. The maximum atomic E-state index is 12.1. The second-order valence-electron chi connectivity index (χ2n) is 5.48. The summed E-state index contributed by atoms with van der Waals surface area (Å²) >= 11 is 7.50. The van der Waals surface area contributed by atoms with Crippen molar-refractivity contribution in [1.82, 2.24) is 4.98 Å². The molecule has 0 aliphatic carbocycles. The van der Waals surface area contributed by atoms with Crippen molar-refractivity contribution < 1.29 is 9.59 Å². The minimum atomic E-state index is -0.180. The van der Waals surface area contributed by atoms with E-state index in [1.54, 1.807) is 17.0 Å². The van der Waals surface area contributed by atoms with Gasteiger partial charge in [-0.15, -0.1) is 11.3 Å². The number of nitrogens with one attached hydrogen (secondary N) is 1. The van der Waals surface area contributed by atoms with E-state index >= 15 is 0 Å². The molecule has 2 aromatic rings. The number of amides is 2. The second-order valence-corrected chi connectivity index (χ2v) is 6.72. The lowest BCUT2D eigenvalue weighted by molar-refractivity contribution is -0.117. The number of benzene rings is 1. The van der Waals surface area contributed by atoms with Crippen LogP contribution < -0.4 is 10.2 Å². The molecule has 1 aliphatic heterocycles. The number of halogens is 1. The fourth-order valence-electron chi connectivity index (χ4n) is 2.43. The zero-order valence-electron chi connectivity index (χ0n) is 12.6. The van der Waals surface area contributed by atoms with Crippen LogP contribution in [-0.2, 0) is 16.0 Å². The van der Waals surface area contributed by atoms with Crippen molar-refractivity contribution in [1.29, 1.82) is 0 Å². The molecule has 120 valence electrons. The van der Waals surface area contributed by atoms with Crippen LogP contribution in [-0.4, -0.2) is 23.3 Å². The molecule has 2 heterocycles. The minimum Gasteiger partial charge on any atom is -0.324 e. The van der Waals surface area contributed by atoms with E-state index in [9.17, 15) is 9.59 Å². The molecule has 0 saturated carbocycles. The normalized spacial score (nSPS) is 14.3. The SMILES string of the molecule is Cc1ccc(NC(=O)Cc2csc(N3CCCC3=O)n2)c(Cl)c1. The fourth-order valence-corrected chi connectivity index (χ4v) is 3.58. The Morgan fingerprint density at radius 1 is 1.48 bits per heavy atom. The topological polar surface area (TPSA) is 62.3 Å². The molecule has 3 rings (SSSR count). The van der Waals surface area contributed by atoms with E-state index in [0.29, 0.717) is 34.5 Å². The summed E-state index contributed by atoms with van der Waals surface area (Å²) in [6.45, 7) is 2.64. The number of carbonyl (C=O) groups excluding carboxylic acids is 2. The van der Waals surface area contributed by atoms with Gasteiger partial charge in [-0.1, -0.05) is 17.7 Å². The summed E-state index contributed by atoms with van der Waals surface area (Å²) in [6, 6.07) is 5.48. The predicted octanol–water partition coefficient (Wildman–Crippen LogP) is 3.41. The van der Waals surface area contributed by atoms with Gasteiger partial charge in [-0.25, -0.2) is 4.98 Å². The van der Waals surface area contributed by atoms with E-state index in [2.05, 4.69) is 10.3 Å². The molecule has 1 N–H and O–H groups in total. The third kappa shape index (κ3) is 3.71. The average Bonchev–Trinajstić information content (AvgIpc) is 3.10. The molecule has 0 atom stereocenters. The van der Waals surface area contributed by atoms with Crippen LogP contribution in [0.4, 0.5) is 10.8 Å². The Bertz CT molecular complexity index is 760. The Balaban J connectivity index is 1.64. The summed E-state index contributed by atoms with van der Waals surface area (Å²) in [4.78, 5) is 29.9. The molecular formula is C16H16ClN3O2S. The first-order valence-corrected chi connectivity index (χ1v) is 8.59. The van der Waals surface area contributed by atoms with E-state index in [1.165, 1.54) is 11.3 Å². The largest absolute Gasteiger partial charge is 0.324 e. The summed E-state index contributed by atoms with van der Waals surface area (Å²) in [5.74, 6) is -0.0814. The van der Waals surface area contributed by atoms with Gasteiger partial charge in [-0.3, -0.25) is 14.5 Å². The van der Waals surface area contributed by atoms with Gasteiger partial charge in [0.25, 0.3) is 0 Å².